The van der Waals surface area contributed by atoms with Crippen LogP contribution in [0.2, 0.25) is 0 Å². The lowest BCUT2D eigenvalue weighted by molar-refractivity contribution is -0.136. The van der Waals surface area contributed by atoms with Crippen LogP contribution in [-0.2, 0) is 6.18 Å². The lowest BCUT2D eigenvalue weighted by Crippen LogP contribution is -2.06. The van der Waals surface area contributed by atoms with Crippen molar-refractivity contribution in [3.63, 3.8) is 0 Å². The summed E-state index contributed by atoms with van der Waals surface area (Å²) in [7, 11) is 0. The van der Waals surface area contributed by atoms with Crippen molar-refractivity contribution in [2.24, 2.45) is 0 Å². The van der Waals surface area contributed by atoms with Gasteiger partial charge in [-0.25, -0.2) is 0 Å². The van der Waals surface area contributed by atoms with Crippen LogP contribution >= 0.6 is 0 Å². The highest BCUT2D eigenvalue weighted by Crippen LogP contribution is 2.33. The van der Waals surface area contributed by atoms with Crippen molar-refractivity contribution in [2.45, 2.75) is 6.18 Å². The van der Waals surface area contributed by atoms with Crippen molar-refractivity contribution in [3.8, 4) is 0 Å². The Morgan fingerprint density at radius 3 is 2.57 bits per heavy atom. The smallest absolute Gasteiger partial charge is 0.262 e. The number of hydrogen-bond acceptors (Lipinski definition) is 2. The highest BCUT2D eigenvalue weighted by molar-refractivity contribution is 5.81. The van der Waals surface area contributed by atoms with Crippen molar-refractivity contribution in [3.05, 3.63) is 36.3 Å². The number of alkyl halides is 3. The lowest BCUT2D eigenvalue weighted by Gasteiger charge is -2.08. The molecule has 2 heterocycles. The minimum atomic E-state index is -4.34. The molecule has 2 aromatic rings. The fraction of sp³-hybridized carbons (Fsp3) is 0.111. The molecule has 2 rings (SSSR count). The molecule has 0 radical (unpaired) electrons. The summed E-state index contributed by atoms with van der Waals surface area (Å²) in [5.41, 5.74) is -0.424. The number of aromatic nitrogens is 2. The molecule has 0 aliphatic rings. The first-order chi connectivity index (χ1) is 6.59. The van der Waals surface area contributed by atoms with Gasteiger partial charge in [0.1, 0.15) is 0 Å². The third-order valence-corrected chi connectivity index (χ3v) is 1.85. The molecule has 14 heavy (non-hydrogen) atoms. The molecule has 0 fully saturated rings. The summed E-state index contributed by atoms with van der Waals surface area (Å²) in [4.78, 5) is 7.50. The molecule has 0 aliphatic carbocycles. The van der Waals surface area contributed by atoms with Gasteiger partial charge in [-0.3, -0.25) is 9.97 Å². The zero-order valence-corrected chi connectivity index (χ0v) is 6.92. The van der Waals surface area contributed by atoms with Crippen molar-refractivity contribution >= 4 is 10.9 Å². The molecule has 0 unspecified atom stereocenters. The summed E-state index contributed by atoms with van der Waals surface area (Å²) < 4.78 is 37.4. The fourth-order valence-corrected chi connectivity index (χ4v) is 1.25. The Morgan fingerprint density at radius 1 is 1.07 bits per heavy atom. The van der Waals surface area contributed by atoms with Gasteiger partial charge >= 0.3 is 6.18 Å². The van der Waals surface area contributed by atoms with E-state index in [-0.39, 0.29) is 10.9 Å². The van der Waals surface area contributed by atoms with E-state index in [0.717, 1.165) is 12.3 Å². The summed E-state index contributed by atoms with van der Waals surface area (Å²) in [5.74, 6) is 0. The van der Waals surface area contributed by atoms with Gasteiger partial charge in [0.2, 0.25) is 0 Å². The third-order valence-electron chi connectivity index (χ3n) is 1.85. The Bertz CT molecular complexity index is 460. The van der Waals surface area contributed by atoms with E-state index in [2.05, 4.69) is 9.97 Å². The summed E-state index contributed by atoms with van der Waals surface area (Å²) in [6, 6.07) is 2.27. The predicted molar refractivity (Wildman–Crippen MR) is 44.5 cm³/mol. The van der Waals surface area contributed by atoms with Gasteiger partial charge in [0, 0.05) is 17.8 Å². The highest BCUT2D eigenvalue weighted by atomic mass is 19.4. The molecule has 0 N–H and O–H groups in total. The van der Waals surface area contributed by atoms with Crippen LogP contribution in [0.1, 0.15) is 5.56 Å². The number of rotatable bonds is 0. The van der Waals surface area contributed by atoms with Crippen LogP contribution in [0.3, 0.4) is 0 Å². The summed E-state index contributed by atoms with van der Waals surface area (Å²) in [6.07, 6.45) is -0.584. The second kappa shape index (κ2) is 2.94. The molecule has 2 aromatic heterocycles. The Balaban J connectivity index is 2.78. The van der Waals surface area contributed by atoms with Gasteiger partial charge in [-0.1, -0.05) is 0 Å². The first kappa shape index (κ1) is 8.93. The van der Waals surface area contributed by atoms with Crippen LogP contribution < -0.4 is 0 Å². The monoisotopic (exact) mass is 198 g/mol. The van der Waals surface area contributed by atoms with E-state index in [0.29, 0.717) is 0 Å². The number of hydrogen-bond donors (Lipinski definition) is 0. The van der Waals surface area contributed by atoms with E-state index < -0.39 is 11.7 Å². The fourth-order valence-electron chi connectivity index (χ4n) is 1.25. The van der Waals surface area contributed by atoms with Crippen LogP contribution in [0.4, 0.5) is 13.2 Å². The van der Waals surface area contributed by atoms with E-state index in [1.54, 1.807) is 0 Å². The normalized spacial score (nSPS) is 11.9. The average Bonchev–Trinajstić information content (AvgIpc) is 2.15. The minimum Gasteiger partial charge on any atom is -0.262 e. The first-order valence-electron chi connectivity index (χ1n) is 3.85. The van der Waals surface area contributed by atoms with Gasteiger partial charge in [0.25, 0.3) is 0 Å². The quantitative estimate of drug-likeness (QED) is 0.650. The molecule has 72 valence electrons. The second-order valence-electron chi connectivity index (χ2n) is 2.75. The Hall–Kier alpha value is -1.65. The van der Waals surface area contributed by atoms with Crippen LogP contribution in [0.5, 0.6) is 0 Å². The van der Waals surface area contributed by atoms with Crippen LogP contribution in [-0.4, -0.2) is 9.97 Å². The van der Waals surface area contributed by atoms with Gasteiger partial charge < -0.3 is 0 Å². The lowest BCUT2D eigenvalue weighted by atomic mass is 10.1. The molecule has 0 spiro atoms. The Labute approximate surface area is 77.4 Å². The number of halogens is 3. The van der Waals surface area contributed by atoms with Crippen LogP contribution in [0.25, 0.3) is 10.9 Å². The standard InChI is InChI=1S/C9H5F3N2/c10-9(11,12)7-2-4-14-8-5-13-3-1-6(7)8/h1-5H. The van der Waals surface area contributed by atoms with E-state index in [4.69, 9.17) is 0 Å². The van der Waals surface area contributed by atoms with Gasteiger partial charge in [-0.15, -0.1) is 0 Å². The minimum absolute atomic E-state index is 0.0787. The average molecular weight is 198 g/mol. The molecule has 0 atom stereocenters. The topological polar surface area (TPSA) is 25.8 Å². The van der Waals surface area contributed by atoms with E-state index in [1.165, 1.54) is 18.5 Å². The Kier molecular flexibility index (Phi) is 1.87. The molecular formula is C9H5F3N2. The molecule has 0 bridgehead atoms. The maximum absolute atomic E-state index is 12.5. The van der Waals surface area contributed by atoms with Crippen LogP contribution in [0, 0.1) is 0 Å². The van der Waals surface area contributed by atoms with Crippen molar-refractivity contribution in [1.29, 1.82) is 0 Å². The zero-order valence-electron chi connectivity index (χ0n) is 6.92. The van der Waals surface area contributed by atoms with Crippen LogP contribution in [0.15, 0.2) is 30.7 Å². The largest absolute Gasteiger partial charge is 0.417 e. The highest BCUT2D eigenvalue weighted by Gasteiger charge is 2.32. The second-order valence-corrected chi connectivity index (χ2v) is 2.75. The first-order valence-corrected chi connectivity index (χ1v) is 3.85. The molecule has 5 heteroatoms. The van der Waals surface area contributed by atoms with Crippen molar-refractivity contribution < 1.29 is 13.2 Å². The molecule has 0 saturated carbocycles. The maximum atomic E-state index is 12.5. The van der Waals surface area contributed by atoms with Gasteiger partial charge in [0.05, 0.1) is 17.3 Å². The van der Waals surface area contributed by atoms with Gasteiger partial charge in [0.15, 0.2) is 0 Å². The number of nitrogens with zero attached hydrogens (tertiary/aromatic N) is 2. The predicted octanol–water partition coefficient (Wildman–Crippen LogP) is 2.65. The zero-order chi connectivity index (χ0) is 10.2. The summed E-state index contributed by atoms with van der Waals surface area (Å²) in [6.45, 7) is 0. The van der Waals surface area contributed by atoms with Gasteiger partial charge in [-0.2, -0.15) is 13.2 Å². The van der Waals surface area contributed by atoms with Gasteiger partial charge in [-0.05, 0) is 12.1 Å². The van der Waals surface area contributed by atoms with E-state index in [9.17, 15) is 13.2 Å². The van der Waals surface area contributed by atoms with E-state index in [1.807, 2.05) is 0 Å². The molecule has 0 aromatic carbocycles. The summed E-state index contributed by atoms with van der Waals surface area (Å²) in [5, 5.41) is 0.0787. The number of pyridine rings is 2. The molecule has 0 aliphatic heterocycles. The molecule has 2 nitrogen and oxygen atoms in total. The molecule has 0 saturated heterocycles. The molecule has 0 amide bonds. The number of fused-ring (bicyclic) bond motifs is 1. The maximum Gasteiger partial charge on any atom is 0.417 e. The van der Waals surface area contributed by atoms with E-state index >= 15 is 0 Å². The SMILES string of the molecule is FC(F)(F)c1ccnc2cnccc12. The van der Waals surface area contributed by atoms with Crippen molar-refractivity contribution in [1.82, 2.24) is 9.97 Å². The van der Waals surface area contributed by atoms with Crippen molar-refractivity contribution in [2.75, 3.05) is 0 Å². The third kappa shape index (κ3) is 1.41. The Morgan fingerprint density at radius 2 is 1.86 bits per heavy atom. The molecular weight excluding hydrogens is 193 g/mol. The summed E-state index contributed by atoms with van der Waals surface area (Å²) >= 11 is 0.